The van der Waals surface area contributed by atoms with Crippen LogP contribution in [0, 0.1) is 12.7 Å². The van der Waals surface area contributed by atoms with Crippen molar-refractivity contribution in [3.63, 3.8) is 0 Å². The molecule has 0 aliphatic heterocycles. The van der Waals surface area contributed by atoms with Crippen molar-refractivity contribution in [2.75, 3.05) is 6.54 Å². The fraction of sp³-hybridized carbons (Fsp3) is 0.300. The molecule has 5 heteroatoms. The maximum Gasteiger partial charge on any atom is 0.335 e. The van der Waals surface area contributed by atoms with E-state index in [9.17, 15) is 14.3 Å². The topological polar surface area (TPSA) is 83.5 Å². The number of nitrogens with two attached hydrogens (primary N) is 1. The maximum atomic E-state index is 13.3. The van der Waals surface area contributed by atoms with Crippen molar-refractivity contribution in [1.29, 1.82) is 0 Å². The van der Waals surface area contributed by atoms with E-state index in [1.54, 1.807) is 0 Å². The first-order valence-electron chi connectivity index (χ1n) is 4.38. The van der Waals surface area contributed by atoms with Gasteiger partial charge in [0.25, 0.3) is 0 Å². The molecule has 0 bridgehead atoms. The number of carboxylic acids is 1. The molecule has 1 aromatic rings. The van der Waals surface area contributed by atoms with Crippen LogP contribution in [0.15, 0.2) is 12.1 Å². The summed E-state index contributed by atoms with van der Waals surface area (Å²) in [4.78, 5) is 10.8. The molecule has 15 heavy (non-hydrogen) atoms. The van der Waals surface area contributed by atoms with E-state index in [2.05, 4.69) is 0 Å². The van der Waals surface area contributed by atoms with Crippen molar-refractivity contribution >= 4 is 5.97 Å². The van der Waals surface area contributed by atoms with Gasteiger partial charge in [-0.1, -0.05) is 0 Å². The van der Waals surface area contributed by atoms with Crippen molar-refractivity contribution < 1.29 is 19.4 Å². The summed E-state index contributed by atoms with van der Waals surface area (Å²) in [5.74, 6) is -1.80. The van der Waals surface area contributed by atoms with Gasteiger partial charge in [0.2, 0.25) is 0 Å². The zero-order valence-electron chi connectivity index (χ0n) is 8.20. The van der Waals surface area contributed by atoms with Crippen molar-refractivity contribution in [1.82, 2.24) is 0 Å². The Bertz CT molecular complexity index is 392. The van der Waals surface area contributed by atoms with Crippen LogP contribution < -0.4 is 5.73 Å². The van der Waals surface area contributed by atoms with Gasteiger partial charge in [-0.3, -0.25) is 0 Å². The molecule has 1 aromatic carbocycles. The van der Waals surface area contributed by atoms with E-state index in [0.717, 1.165) is 12.1 Å². The van der Waals surface area contributed by atoms with E-state index in [4.69, 9.17) is 10.8 Å². The Balaban J connectivity index is 3.29. The molecule has 0 fully saturated rings. The molecule has 0 aromatic heterocycles. The number of halogens is 1. The van der Waals surface area contributed by atoms with Gasteiger partial charge in [-0.15, -0.1) is 0 Å². The number of benzene rings is 1. The number of aliphatic hydroxyl groups excluding tert-OH is 1. The number of carboxylic acid groups (broad SMARTS) is 1. The Kier molecular flexibility index (Phi) is 3.39. The van der Waals surface area contributed by atoms with E-state index in [1.165, 1.54) is 6.92 Å². The van der Waals surface area contributed by atoms with Gasteiger partial charge in [-0.2, -0.15) is 0 Å². The molecule has 0 saturated heterocycles. The van der Waals surface area contributed by atoms with Crippen molar-refractivity contribution in [3.8, 4) is 0 Å². The minimum Gasteiger partial charge on any atom is -0.478 e. The van der Waals surface area contributed by atoms with Crippen molar-refractivity contribution in [2.24, 2.45) is 5.73 Å². The molecule has 1 rings (SSSR count). The molecular weight excluding hydrogens is 201 g/mol. The van der Waals surface area contributed by atoms with Gasteiger partial charge in [0.1, 0.15) is 5.82 Å². The molecule has 0 amide bonds. The second-order valence-electron chi connectivity index (χ2n) is 3.25. The lowest BCUT2D eigenvalue weighted by Gasteiger charge is -2.11. The minimum absolute atomic E-state index is 0.0288. The first kappa shape index (κ1) is 11.6. The summed E-state index contributed by atoms with van der Waals surface area (Å²) in [6.45, 7) is 1.34. The van der Waals surface area contributed by atoms with Gasteiger partial charge in [0, 0.05) is 12.1 Å². The highest BCUT2D eigenvalue weighted by atomic mass is 19.1. The second-order valence-corrected chi connectivity index (χ2v) is 3.25. The molecule has 0 radical (unpaired) electrons. The number of hydrogen-bond donors (Lipinski definition) is 3. The van der Waals surface area contributed by atoms with Crippen LogP contribution in [0.4, 0.5) is 4.39 Å². The van der Waals surface area contributed by atoms with Crippen LogP contribution in [0.3, 0.4) is 0 Å². The predicted octanol–water partition coefficient (Wildman–Crippen LogP) is 0.824. The highest BCUT2D eigenvalue weighted by Gasteiger charge is 2.16. The first-order valence-corrected chi connectivity index (χ1v) is 4.38. The molecule has 0 saturated carbocycles. The smallest absolute Gasteiger partial charge is 0.335 e. The van der Waals surface area contributed by atoms with Crippen LogP contribution in [0.5, 0.6) is 0 Å². The Hall–Kier alpha value is -1.46. The molecule has 4 N–H and O–H groups in total. The van der Waals surface area contributed by atoms with E-state index in [0.29, 0.717) is 5.56 Å². The van der Waals surface area contributed by atoms with Crippen molar-refractivity contribution in [3.05, 3.63) is 34.6 Å². The molecule has 4 nitrogen and oxygen atoms in total. The Morgan fingerprint density at radius 3 is 2.67 bits per heavy atom. The lowest BCUT2D eigenvalue weighted by Crippen LogP contribution is -2.14. The summed E-state index contributed by atoms with van der Waals surface area (Å²) in [6.07, 6.45) is -1.18. The SMILES string of the molecule is Cc1cc(F)c(C(O)CN)cc1C(=O)O. The van der Waals surface area contributed by atoms with Gasteiger partial charge >= 0.3 is 5.97 Å². The highest BCUT2D eigenvalue weighted by Crippen LogP contribution is 2.21. The van der Waals surface area contributed by atoms with Crippen LogP contribution in [-0.4, -0.2) is 22.7 Å². The number of aryl methyl sites for hydroxylation is 1. The molecule has 1 atom stereocenters. The van der Waals surface area contributed by atoms with Gasteiger partial charge in [-0.05, 0) is 24.6 Å². The number of aliphatic hydroxyl groups is 1. The summed E-state index contributed by atoms with van der Waals surface area (Å²) in [6, 6.07) is 2.20. The highest BCUT2D eigenvalue weighted by molar-refractivity contribution is 5.89. The number of rotatable bonds is 3. The quantitative estimate of drug-likeness (QED) is 0.694. The third-order valence-corrected chi connectivity index (χ3v) is 2.16. The van der Waals surface area contributed by atoms with Crippen molar-refractivity contribution in [2.45, 2.75) is 13.0 Å². The second kappa shape index (κ2) is 4.37. The third kappa shape index (κ3) is 2.31. The third-order valence-electron chi connectivity index (χ3n) is 2.16. The summed E-state index contributed by atoms with van der Waals surface area (Å²) >= 11 is 0. The zero-order valence-corrected chi connectivity index (χ0v) is 8.20. The predicted molar refractivity (Wildman–Crippen MR) is 52.1 cm³/mol. The molecule has 82 valence electrons. The fourth-order valence-corrected chi connectivity index (χ4v) is 1.30. The fourth-order valence-electron chi connectivity index (χ4n) is 1.30. The average Bonchev–Trinajstić information content (AvgIpc) is 2.16. The molecule has 1 unspecified atom stereocenters. The number of carbonyl (C=O) groups is 1. The van der Waals surface area contributed by atoms with Crippen LogP contribution in [0.2, 0.25) is 0 Å². The number of hydrogen-bond acceptors (Lipinski definition) is 3. The Morgan fingerprint density at radius 2 is 2.20 bits per heavy atom. The largest absolute Gasteiger partial charge is 0.478 e. The van der Waals surface area contributed by atoms with Crippen LogP contribution in [0.25, 0.3) is 0 Å². The Morgan fingerprint density at radius 1 is 1.60 bits per heavy atom. The monoisotopic (exact) mass is 213 g/mol. The maximum absolute atomic E-state index is 13.3. The zero-order chi connectivity index (χ0) is 11.6. The van der Waals surface area contributed by atoms with E-state index >= 15 is 0 Å². The van der Waals surface area contributed by atoms with Gasteiger partial charge < -0.3 is 15.9 Å². The van der Waals surface area contributed by atoms with E-state index in [-0.39, 0.29) is 17.7 Å². The lowest BCUT2D eigenvalue weighted by atomic mass is 10.0. The normalized spacial score (nSPS) is 12.5. The van der Waals surface area contributed by atoms with E-state index < -0.39 is 17.9 Å². The summed E-state index contributed by atoms with van der Waals surface area (Å²) in [5.41, 5.74) is 5.37. The molecular formula is C10H12FNO3. The minimum atomic E-state index is -1.18. The van der Waals surface area contributed by atoms with Crippen LogP contribution in [-0.2, 0) is 0 Å². The molecule has 0 aliphatic carbocycles. The standard InChI is InChI=1S/C10H12FNO3/c1-5-2-8(11)7(9(13)4-12)3-6(5)10(14)15/h2-3,9,13H,4,12H2,1H3,(H,14,15). The molecule has 0 aliphatic rings. The molecule has 0 spiro atoms. The average molecular weight is 213 g/mol. The van der Waals surface area contributed by atoms with Gasteiger partial charge in [0.05, 0.1) is 11.7 Å². The first-order chi connectivity index (χ1) is 6.97. The van der Waals surface area contributed by atoms with E-state index in [1.807, 2.05) is 0 Å². The molecule has 0 heterocycles. The Labute approximate surface area is 86.1 Å². The van der Waals surface area contributed by atoms with Crippen LogP contribution >= 0.6 is 0 Å². The number of aromatic carboxylic acids is 1. The van der Waals surface area contributed by atoms with Gasteiger partial charge in [-0.25, -0.2) is 9.18 Å². The lowest BCUT2D eigenvalue weighted by molar-refractivity contribution is 0.0695. The summed E-state index contributed by atoms with van der Waals surface area (Å²) < 4.78 is 13.3. The van der Waals surface area contributed by atoms with Gasteiger partial charge in [0.15, 0.2) is 0 Å². The summed E-state index contributed by atoms with van der Waals surface area (Å²) in [7, 11) is 0. The summed E-state index contributed by atoms with van der Waals surface area (Å²) in [5, 5.41) is 18.1. The van der Waals surface area contributed by atoms with Crippen LogP contribution in [0.1, 0.15) is 27.6 Å².